The molecule has 25 heavy (non-hydrogen) atoms. The van der Waals surface area contributed by atoms with Gasteiger partial charge in [-0.3, -0.25) is 4.90 Å². The van der Waals surface area contributed by atoms with Crippen LogP contribution in [0.3, 0.4) is 0 Å². The quantitative estimate of drug-likeness (QED) is 0.690. The van der Waals surface area contributed by atoms with Crippen LogP contribution >= 0.6 is 11.8 Å². The van der Waals surface area contributed by atoms with E-state index in [1.54, 1.807) is 0 Å². The fraction of sp³-hybridized carbons (Fsp3) is 0.947. The van der Waals surface area contributed by atoms with Crippen LogP contribution in [0.15, 0.2) is 0 Å². The zero-order chi connectivity index (χ0) is 17.9. The second-order valence-electron chi connectivity index (χ2n) is 8.54. The van der Waals surface area contributed by atoms with Gasteiger partial charge in [0.2, 0.25) is 0 Å². The summed E-state index contributed by atoms with van der Waals surface area (Å²) < 4.78 is 5.88. The molecule has 0 N–H and O–H groups in total. The number of hydrogen-bond acceptors (Lipinski definition) is 5. The molecule has 1 spiro atoms. The molecule has 3 aliphatic heterocycles. The molecule has 0 aromatic carbocycles. The second-order valence-corrected chi connectivity index (χ2v) is 9.69. The molecule has 0 saturated carbocycles. The first-order valence-electron chi connectivity index (χ1n) is 9.96. The minimum atomic E-state index is -0.205. The monoisotopic (exact) mass is 369 g/mol. The molecule has 3 saturated heterocycles. The SMILES string of the molecule is CC(C)CN(C)CCCN1CC2(CCN([C@H]3CCSC3)CC2)OC1=O. The van der Waals surface area contributed by atoms with Crippen molar-refractivity contribution in [2.75, 3.05) is 57.8 Å². The molecule has 3 rings (SSSR count). The third-order valence-electron chi connectivity index (χ3n) is 5.82. The van der Waals surface area contributed by atoms with E-state index >= 15 is 0 Å². The van der Waals surface area contributed by atoms with Crippen LogP contribution in [0.5, 0.6) is 0 Å². The van der Waals surface area contributed by atoms with E-state index in [0.717, 1.165) is 64.6 Å². The maximum absolute atomic E-state index is 12.3. The highest BCUT2D eigenvalue weighted by atomic mass is 32.2. The fourth-order valence-corrected chi connectivity index (χ4v) is 5.73. The Kier molecular flexibility index (Phi) is 6.55. The predicted molar refractivity (Wildman–Crippen MR) is 104 cm³/mol. The average Bonchev–Trinajstić information content (AvgIpc) is 3.17. The van der Waals surface area contributed by atoms with Crippen LogP contribution in [0.4, 0.5) is 4.79 Å². The lowest BCUT2D eigenvalue weighted by Crippen LogP contribution is -2.50. The van der Waals surface area contributed by atoms with E-state index in [4.69, 9.17) is 4.74 Å². The van der Waals surface area contributed by atoms with Crippen molar-refractivity contribution in [1.29, 1.82) is 0 Å². The van der Waals surface area contributed by atoms with Gasteiger partial charge in [0.05, 0.1) is 6.54 Å². The number of carbonyl (C=O) groups is 1. The summed E-state index contributed by atoms with van der Waals surface area (Å²) in [5, 5.41) is 0. The van der Waals surface area contributed by atoms with Crippen molar-refractivity contribution in [3.05, 3.63) is 0 Å². The van der Waals surface area contributed by atoms with Crippen LogP contribution in [-0.4, -0.2) is 90.3 Å². The number of likely N-dealkylation sites (tertiary alicyclic amines) is 1. The molecular formula is C19H35N3O2S. The molecule has 0 aliphatic carbocycles. The highest BCUT2D eigenvalue weighted by Crippen LogP contribution is 2.35. The summed E-state index contributed by atoms with van der Waals surface area (Å²) in [7, 11) is 2.17. The Bertz CT molecular complexity index is 446. The first-order valence-corrected chi connectivity index (χ1v) is 11.1. The molecule has 0 aromatic rings. The van der Waals surface area contributed by atoms with E-state index in [9.17, 15) is 4.79 Å². The number of rotatable bonds is 7. The van der Waals surface area contributed by atoms with Crippen molar-refractivity contribution in [3.8, 4) is 0 Å². The van der Waals surface area contributed by atoms with Crippen molar-refractivity contribution in [1.82, 2.24) is 14.7 Å². The van der Waals surface area contributed by atoms with E-state index in [-0.39, 0.29) is 11.7 Å². The minimum absolute atomic E-state index is 0.0867. The maximum atomic E-state index is 12.3. The third-order valence-corrected chi connectivity index (χ3v) is 6.96. The van der Waals surface area contributed by atoms with Gasteiger partial charge in [-0.15, -0.1) is 0 Å². The number of piperidine rings is 1. The Balaban J connectivity index is 1.41. The van der Waals surface area contributed by atoms with Crippen LogP contribution in [0.25, 0.3) is 0 Å². The van der Waals surface area contributed by atoms with E-state index in [0.29, 0.717) is 5.92 Å². The van der Waals surface area contributed by atoms with Crippen LogP contribution in [0.2, 0.25) is 0 Å². The van der Waals surface area contributed by atoms with Gasteiger partial charge in [-0.2, -0.15) is 11.8 Å². The average molecular weight is 370 g/mol. The standard InChI is InChI=1S/C19H35N3O2S/c1-16(2)13-20(3)8-4-9-22-15-19(24-18(22)23)6-10-21(11-7-19)17-5-12-25-14-17/h16-17H,4-15H2,1-3H3/t17-/m0/s1. The van der Waals surface area contributed by atoms with Gasteiger partial charge in [-0.05, 0) is 38.1 Å². The number of nitrogens with zero attached hydrogens (tertiary/aromatic N) is 3. The highest BCUT2D eigenvalue weighted by molar-refractivity contribution is 7.99. The molecule has 6 heteroatoms. The molecular weight excluding hydrogens is 334 g/mol. The summed E-state index contributed by atoms with van der Waals surface area (Å²) in [5.74, 6) is 3.27. The lowest BCUT2D eigenvalue weighted by molar-refractivity contribution is -0.00742. The third kappa shape index (κ3) is 5.04. The summed E-state index contributed by atoms with van der Waals surface area (Å²) in [6.45, 7) is 10.4. The molecule has 0 radical (unpaired) electrons. The maximum Gasteiger partial charge on any atom is 0.410 e. The zero-order valence-corrected chi connectivity index (χ0v) is 17.0. The van der Waals surface area contributed by atoms with Gasteiger partial charge in [0.1, 0.15) is 5.60 Å². The van der Waals surface area contributed by atoms with Gasteiger partial charge in [-0.1, -0.05) is 13.8 Å². The fourth-order valence-electron chi connectivity index (χ4n) is 4.48. The molecule has 0 unspecified atom stereocenters. The lowest BCUT2D eigenvalue weighted by atomic mass is 9.90. The van der Waals surface area contributed by atoms with Gasteiger partial charge in [0.15, 0.2) is 0 Å². The first kappa shape index (κ1) is 19.3. The summed E-state index contributed by atoms with van der Waals surface area (Å²) >= 11 is 2.08. The number of amides is 1. The zero-order valence-electron chi connectivity index (χ0n) is 16.2. The van der Waals surface area contributed by atoms with Crippen molar-refractivity contribution in [2.45, 2.75) is 51.2 Å². The Morgan fingerprint density at radius 1 is 1.36 bits per heavy atom. The largest absolute Gasteiger partial charge is 0.441 e. The Morgan fingerprint density at radius 3 is 2.76 bits per heavy atom. The lowest BCUT2D eigenvalue weighted by Gasteiger charge is -2.40. The molecule has 0 bridgehead atoms. The number of hydrogen-bond donors (Lipinski definition) is 0. The number of thioether (sulfide) groups is 1. The van der Waals surface area contributed by atoms with Crippen LogP contribution < -0.4 is 0 Å². The Labute approximate surface area is 157 Å². The molecule has 5 nitrogen and oxygen atoms in total. The first-order chi connectivity index (χ1) is 12.0. The van der Waals surface area contributed by atoms with Gasteiger partial charge in [0, 0.05) is 50.8 Å². The molecule has 3 heterocycles. The van der Waals surface area contributed by atoms with E-state index < -0.39 is 0 Å². The highest BCUT2D eigenvalue weighted by Gasteiger charge is 2.47. The molecule has 3 fully saturated rings. The molecule has 0 aromatic heterocycles. The van der Waals surface area contributed by atoms with Crippen molar-refractivity contribution < 1.29 is 9.53 Å². The topological polar surface area (TPSA) is 36.0 Å². The number of carbonyl (C=O) groups excluding carboxylic acids is 1. The second kappa shape index (κ2) is 8.49. The molecule has 1 atom stereocenters. The van der Waals surface area contributed by atoms with E-state index in [2.05, 4.69) is 42.5 Å². The minimum Gasteiger partial charge on any atom is -0.441 e. The van der Waals surface area contributed by atoms with Crippen LogP contribution in [0, 0.1) is 5.92 Å². The van der Waals surface area contributed by atoms with E-state index in [1.807, 2.05) is 4.90 Å². The number of ether oxygens (including phenoxy) is 1. The molecule has 1 amide bonds. The van der Waals surface area contributed by atoms with Gasteiger partial charge >= 0.3 is 6.09 Å². The Hall–Kier alpha value is -0.460. The summed E-state index contributed by atoms with van der Waals surface area (Å²) in [6, 6.07) is 0.757. The summed E-state index contributed by atoms with van der Waals surface area (Å²) in [5.41, 5.74) is -0.205. The summed E-state index contributed by atoms with van der Waals surface area (Å²) in [6.07, 6.45) is 4.28. The normalized spacial score (nSPS) is 27.0. The molecule has 3 aliphatic rings. The molecule has 144 valence electrons. The predicted octanol–water partition coefficient (Wildman–Crippen LogP) is 2.76. The van der Waals surface area contributed by atoms with Crippen molar-refractivity contribution in [2.24, 2.45) is 5.92 Å². The van der Waals surface area contributed by atoms with Crippen molar-refractivity contribution >= 4 is 17.9 Å². The van der Waals surface area contributed by atoms with Crippen molar-refractivity contribution in [3.63, 3.8) is 0 Å². The van der Waals surface area contributed by atoms with Crippen LogP contribution in [0.1, 0.15) is 39.5 Å². The van der Waals surface area contributed by atoms with Gasteiger partial charge < -0.3 is 14.5 Å². The van der Waals surface area contributed by atoms with Gasteiger partial charge in [-0.25, -0.2) is 4.79 Å². The van der Waals surface area contributed by atoms with E-state index in [1.165, 1.54) is 17.9 Å². The summed E-state index contributed by atoms with van der Waals surface area (Å²) in [4.78, 5) is 19.2. The Morgan fingerprint density at radius 2 is 2.12 bits per heavy atom. The smallest absolute Gasteiger partial charge is 0.410 e. The van der Waals surface area contributed by atoms with Gasteiger partial charge in [0.25, 0.3) is 0 Å². The van der Waals surface area contributed by atoms with Crippen LogP contribution in [-0.2, 0) is 4.74 Å².